The van der Waals surface area contributed by atoms with Crippen molar-refractivity contribution in [2.75, 3.05) is 0 Å². The van der Waals surface area contributed by atoms with Crippen LogP contribution < -0.4 is 0 Å². The fourth-order valence-corrected chi connectivity index (χ4v) is 2.33. The molecule has 0 amide bonds. The molecule has 2 aromatic rings. The van der Waals surface area contributed by atoms with Crippen molar-refractivity contribution in [3.63, 3.8) is 0 Å². The lowest BCUT2D eigenvalue weighted by Crippen LogP contribution is -2.06. The molecule has 0 unspecified atom stereocenters. The highest BCUT2D eigenvalue weighted by Crippen LogP contribution is 2.32. The number of hydrogen-bond donors (Lipinski definition) is 1. The molecule has 7 heteroatoms. The number of benzene rings is 1. The second kappa shape index (κ2) is 5.69. The first kappa shape index (κ1) is 15.9. The van der Waals surface area contributed by atoms with Gasteiger partial charge in [0.1, 0.15) is 5.15 Å². The van der Waals surface area contributed by atoms with Crippen LogP contribution in [-0.4, -0.2) is 14.9 Å². The van der Waals surface area contributed by atoms with Gasteiger partial charge in [0.15, 0.2) is 0 Å². The normalized spacial score (nSPS) is 12.2. The summed E-state index contributed by atoms with van der Waals surface area (Å²) in [4.78, 5) is 0. The molecule has 0 radical (unpaired) electrons. The highest BCUT2D eigenvalue weighted by molar-refractivity contribution is 6.30. The molecule has 21 heavy (non-hydrogen) atoms. The molecule has 0 atom stereocenters. The van der Waals surface area contributed by atoms with E-state index in [2.05, 4.69) is 5.10 Å². The third kappa shape index (κ3) is 3.06. The predicted molar refractivity (Wildman–Crippen MR) is 73.6 cm³/mol. The van der Waals surface area contributed by atoms with Crippen LogP contribution in [0.1, 0.15) is 36.6 Å². The van der Waals surface area contributed by atoms with Gasteiger partial charge in [-0.05, 0) is 24.1 Å². The molecule has 3 nitrogen and oxygen atoms in total. The molecule has 1 aromatic carbocycles. The van der Waals surface area contributed by atoms with Crippen LogP contribution in [0.15, 0.2) is 24.3 Å². The molecule has 114 valence electrons. The predicted octanol–water partition coefficient (Wildman–Crippen LogP) is 4.16. The number of rotatable bonds is 3. The van der Waals surface area contributed by atoms with E-state index in [4.69, 9.17) is 11.6 Å². The quantitative estimate of drug-likeness (QED) is 0.922. The Kier molecular flexibility index (Phi) is 4.30. The van der Waals surface area contributed by atoms with Gasteiger partial charge in [-0.2, -0.15) is 18.3 Å². The molecule has 0 spiro atoms. The van der Waals surface area contributed by atoms with Gasteiger partial charge in [-0.3, -0.25) is 0 Å². The second-order valence-corrected chi connectivity index (χ2v) is 5.29. The van der Waals surface area contributed by atoms with Gasteiger partial charge in [0.2, 0.25) is 0 Å². The molecule has 0 bridgehead atoms. The SMILES string of the molecule is CC(C)c1nn(-c2cccc(C(F)(F)F)c2)c(Cl)c1CO. The summed E-state index contributed by atoms with van der Waals surface area (Å²) >= 11 is 6.13. The van der Waals surface area contributed by atoms with E-state index >= 15 is 0 Å². The van der Waals surface area contributed by atoms with Crippen LogP contribution in [0.25, 0.3) is 5.69 Å². The van der Waals surface area contributed by atoms with E-state index in [9.17, 15) is 18.3 Å². The van der Waals surface area contributed by atoms with Gasteiger partial charge < -0.3 is 5.11 Å². The monoisotopic (exact) mass is 318 g/mol. The van der Waals surface area contributed by atoms with Crippen molar-refractivity contribution < 1.29 is 18.3 Å². The first-order valence-electron chi connectivity index (χ1n) is 6.31. The number of aliphatic hydroxyl groups excluding tert-OH is 1. The van der Waals surface area contributed by atoms with E-state index in [0.717, 1.165) is 12.1 Å². The minimum Gasteiger partial charge on any atom is -0.391 e. The van der Waals surface area contributed by atoms with Crippen molar-refractivity contribution in [1.82, 2.24) is 9.78 Å². The van der Waals surface area contributed by atoms with Crippen LogP contribution in [0.4, 0.5) is 13.2 Å². The van der Waals surface area contributed by atoms with E-state index in [1.54, 1.807) is 0 Å². The Morgan fingerprint density at radius 1 is 1.33 bits per heavy atom. The zero-order valence-corrected chi connectivity index (χ0v) is 12.2. The van der Waals surface area contributed by atoms with Crippen molar-refractivity contribution in [3.8, 4) is 5.69 Å². The van der Waals surface area contributed by atoms with Gasteiger partial charge >= 0.3 is 6.18 Å². The Morgan fingerprint density at radius 2 is 2.00 bits per heavy atom. The van der Waals surface area contributed by atoms with E-state index in [1.165, 1.54) is 16.8 Å². The molecule has 0 aliphatic rings. The van der Waals surface area contributed by atoms with Gasteiger partial charge in [0.05, 0.1) is 23.6 Å². The number of hydrogen-bond acceptors (Lipinski definition) is 2. The molecule has 1 N–H and O–H groups in total. The van der Waals surface area contributed by atoms with Crippen molar-refractivity contribution in [3.05, 3.63) is 46.2 Å². The molecule has 0 saturated carbocycles. The zero-order chi connectivity index (χ0) is 15.8. The fraction of sp³-hybridized carbons (Fsp3) is 0.357. The first-order chi connectivity index (χ1) is 9.75. The van der Waals surface area contributed by atoms with Gasteiger partial charge in [-0.25, -0.2) is 4.68 Å². The Balaban J connectivity index is 2.57. The summed E-state index contributed by atoms with van der Waals surface area (Å²) in [6.45, 7) is 3.42. The Hall–Kier alpha value is -1.53. The van der Waals surface area contributed by atoms with E-state index in [-0.39, 0.29) is 23.4 Å². The summed E-state index contributed by atoms with van der Waals surface area (Å²) in [5.74, 6) is -0.00306. The van der Waals surface area contributed by atoms with Crippen LogP contribution in [-0.2, 0) is 12.8 Å². The molecule has 0 saturated heterocycles. The third-order valence-electron chi connectivity index (χ3n) is 3.07. The summed E-state index contributed by atoms with van der Waals surface area (Å²) < 4.78 is 39.5. The summed E-state index contributed by atoms with van der Waals surface area (Å²) in [7, 11) is 0. The van der Waals surface area contributed by atoms with Crippen molar-refractivity contribution in [1.29, 1.82) is 0 Å². The minimum absolute atomic E-state index is 0.00306. The number of aliphatic hydroxyl groups is 1. The van der Waals surface area contributed by atoms with Crippen molar-refractivity contribution in [2.45, 2.75) is 32.5 Å². The van der Waals surface area contributed by atoms with E-state index in [0.29, 0.717) is 11.3 Å². The molecule has 0 aliphatic heterocycles. The Morgan fingerprint density at radius 3 is 2.48 bits per heavy atom. The van der Waals surface area contributed by atoms with Gasteiger partial charge in [-0.15, -0.1) is 0 Å². The molecular weight excluding hydrogens is 305 g/mol. The standard InChI is InChI=1S/C14H14ClF3N2O/c1-8(2)12-11(7-21)13(15)20(19-12)10-5-3-4-9(6-10)14(16,17)18/h3-6,8,21H,7H2,1-2H3. The topological polar surface area (TPSA) is 38.0 Å². The van der Waals surface area contributed by atoms with Crippen LogP contribution >= 0.6 is 11.6 Å². The number of alkyl halides is 3. The lowest BCUT2D eigenvalue weighted by Gasteiger charge is -2.09. The molecule has 1 heterocycles. The molecule has 1 aromatic heterocycles. The largest absolute Gasteiger partial charge is 0.416 e. The lowest BCUT2D eigenvalue weighted by atomic mass is 10.1. The molecule has 0 aliphatic carbocycles. The summed E-state index contributed by atoms with van der Waals surface area (Å²) in [6, 6.07) is 4.74. The van der Waals surface area contributed by atoms with Gasteiger partial charge in [-0.1, -0.05) is 31.5 Å². The Labute approximate surface area is 125 Å². The second-order valence-electron chi connectivity index (χ2n) is 4.93. The maximum Gasteiger partial charge on any atom is 0.416 e. The lowest BCUT2D eigenvalue weighted by molar-refractivity contribution is -0.137. The molecule has 0 fully saturated rings. The minimum atomic E-state index is -4.43. The molecular formula is C14H14ClF3N2O. The summed E-state index contributed by atoms with van der Waals surface area (Å²) in [6.07, 6.45) is -4.43. The van der Waals surface area contributed by atoms with Crippen molar-refractivity contribution >= 4 is 11.6 Å². The summed E-state index contributed by atoms with van der Waals surface area (Å²) in [5.41, 5.74) is 0.434. The summed E-state index contributed by atoms with van der Waals surface area (Å²) in [5, 5.41) is 13.7. The smallest absolute Gasteiger partial charge is 0.391 e. The zero-order valence-electron chi connectivity index (χ0n) is 11.4. The average molecular weight is 319 g/mol. The number of nitrogens with zero attached hydrogens (tertiary/aromatic N) is 2. The van der Waals surface area contributed by atoms with Crippen LogP contribution in [0.2, 0.25) is 5.15 Å². The van der Waals surface area contributed by atoms with Gasteiger partial charge in [0.25, 0.3) is 0 Å². The fourth-order valence-electron chi connectivity index (χ4n) is 2.04. The maximum absolute atomic E-state index is 12.8. The average Bonchev–Trinajstić information content (AvgIpc) is 2.75. The van der Waals surface area contributed by atoms with E-state index < -0.39 is 11.7 Å². The highest BCUT2D eigenvalue weighted by atomic mass is 35.5. The van der Waals surface area contributed by atoms with Crippen LogP contribution in [0.5, 0.6) is 0 Å². The third-order valence-corrected chi connectivity index (χ3v) is 3.46. The Bertz CT molecular complexity index is 650. The molecule has 2 rings (SSSR count). The van der Waals surface area contributed by atoms with Crippen LogP contribution in [0.3, 0.4) is 0 Å². The number of halogens is 4. The van der Waals surface area contributed by atoms with Crippen molar-refractivity contribution in [2.24, 2.45) is 0 Å². The number of aromatic nitrogens is 2. The van der Waals surface area contributed by atoms with Crippen LogP contribution in [0, 0.1) is 0 Å². The van der Waals surface area contributed by atoms with Gasteiger partial charge in [0, 0.05) is 5.56 Å². The first-order valence-corrected chi connectivity index (χ1v) is 6.69. The highest BCUT2D eigenvalue weighted by Gasteiger charge is 2.31. The van der Waals surface area contributed by atoms with E-state index in [1.807, 2.05) is 13.8 Å². The maximum atomic E-state index is 12.8.